The van der Waals surface area contributed by atoms with E-state index in [0.29, 0.717) is 18.1 Å². The zero-order chi connectivity index (χ0) is 15.0. The van der Waals surface area contributed by atoms with E-state index in [4.69, 9.17) is 14.2 Å². The van der Waals surface area contributed by atoms with E-state index in [-0.39, 0.29) is 11.9 Å². The SMILES string of the molecule is CCCCOC(=O)C(C)Oc1ccc(OC(C)=O)cc1. The average molecular weight is 280 g/mol. The van der Waals surface area contributed by atoms with Crippen molar-refractivity contribution in [3.05, 3.63) is 24.3 Å². The molecule has 110 valence electrons. The quantitative estimate of drug-likeness (QED) is 0.436. The summed E-state index contributed by atoms with van der Waals surface area (Å²) in [6.07, 6.45) is 1.14. The van der Waals surface area contributed by atoms with Crippen LogP contribution in [-0.4, -0.2) is 24.6 Å². The predicted molar refractivity (Wildman–Crippen MR) is 73.7 cm³/mol. The van der Waals surface area contributed by atoms with Crippen molar-refractivity contribution >= 4 is 11.9 Å². The molecule has 1 aromatic carbocycles. The van der Waals surface area contributed by atoms with Crippen LogP contribution in [0.5, 0.6) is 11.5 Å². The first kappa shape index (κ1) is 16.0. The van der Waals surface area contributed by atoms with Crippen LogP contribution in [-0.2, 0) is 14.3 Å². The molecule has 1 unspecified atom stereocenters. The minimum atomic E-state index is -0.675. The second-order valence-corrected chi connectivity index (χ2v) is 4.35. The number of benzene rings is 1. The first-order valence-corrected chi connectivity index (χ1v) is 6.64. The number of carbonyl (C=O) groups excluding carboxylic acids is 2. The minimum absolute atomic E-state index is 0.383. The van der Waals surface area contributed by atoms with Crippen LogP contribution in [0.1, 0.15) is 33.6 Å². The Kier molecular flexibility index (Phi) is 6.56. The van der Waals surface area contributed by atoms with Crippen molar-refractivity contribution in [1.82, 2.24) is 0 Å². The standard InChI is InChI=1S/C15H20O5/c1-4-5-10-18-15(17)11(2)19-13-6-8-14(9-7-13)20-12(3)16/h6-9,11H,4-5,10H2,1-3H3. The molecule has 1 aromatic rings. The van der Waals surface area contributed by atoms with Crippen molar-refractivity contribution in [2.75, 3.05) is 6.61 Å². The zero-order valence-electron chi connectivity index (χ0n) is 12.0. The molecule has 1 rings (SSSR count). The maximum absolute atomic E-state index is 11.6. The van der Waals surface area contributed by atoms with Gasteiger partial charge >= 0.3 is 11.9 Å². The fourth-order valence-corrected chi connectivity index (χ4v) is 1.44. The molecule has 0 spiro atoms. The summed E-state index contributed by atoms with van der Waals surface area (Å²) < 4.78 is 15.4. The minimum Gasteiger partial charge on any atom is -0.479 e. The molecule has 1 atom stereocenters. The average Bonchev–Trinajstić information content (AvgIpc) is 2.40. The predicted octanol–water partition coefficient (Wildman–Crippen LogP) is 2.72. The molecule has 20 heavy (non-hydrogen) atoms. The van der Waals surface area contributed by atoms with Gasteiger partial charge in [-0.2, -0.15) is 0 Å². The largest absolute Gasteiger partial charge is 0.479 e. The first-order valence-electron chi connectivity index (χ1n) is 6.64. The van der Waals surface area contributed by atoms with Gasteiger partial charge in [0.05, 0.1) is 6.61 Å². The van der Waals surface area contributed by atoms with Crippen molar-refractivity contribution in [2.45, 2.75) is 39.7 Å². The van der Waals surface area contributed by atoms with E-state index in [1.54, 1.807) is 31.2 Å². The Balaban J connectivity index is 2.47. The van der Waals surface area contributed by atoms with Crippen LogP contribution in [0.25, 0.3) is 0 Å². The molecule has 5 nitrogen and oxygen atoms in total. The van der Waals surface area contributed by atoms with Crippen molar-refractivity contribution in [3.63, 3.8) is 0 Å². The molecule has 0 saturated carbocycles. The number of hydrogen-bond acceptors (Lipinski definition) is 5. The van der Waals surface area contributed by atoms with E-state index >= 15 is 0 Å². The van der Waals surface area contributed by atoms with Gasteiger partial charge in [-0.1, -0.05) is 13.3 Å². The maximum atomic E-state index is 11.6. The highest BCUT2D eigenvalue weighted by atomic mass is 16.6. The van der Waals surface area contributed by atoms with Crippen LogP contribution in [0, 0.1) is 0 Å². The number of unbranched alkanes of at least 4 members (excludes halogenated alkanes) is 1. The molecule has 0 heterocycles. The molecule has 5 heteroatoms. The Hall–Kier alpha value is -2.04. The lowest BCUT2D eigenvalue weighted by Crippen LogP contribution is -2.26. The molecule has 0 aliphatic heterocycles. The van der Waals surface area contributed by atoms with Crippen LogP contribution < -0.4 is 9.47 Å². The molecular formula is C15H20O5. The van der Waals surface area contributed by atoms with E-state index in [1.165, 1.54) is 6.92 Å². The van der Waals surface area contributed by atoms with Crippen molar-refractivity contribution < 1.29 is 23.8 Å². The Morgan fingerprint density at radius 3 is 2.30 bits per heavy atom. The zero-order valence-corrected chi connectivity index (χ0v) is 12.0. The van der Waals surface area contributed by atoms with Gasteiger partial charge in [0.1, 0.15) is 11.5 Å². The van der Waals surface area contributed by atoms with Crippen molar-refractivity contribution in [1.29, 1.82) is 0 Å². The molecule has 0 saturated heterocycles. The second kappa shape index (κ2) is 8.19. The highest BCUT2D eigenvalue weighted by Crippen LogP contribution is 2.19. The van der Waals surface area contributed by atoms with Gasteiger partial charge < -0.3 is 14.2 Å². The number of carbonyl (C=O) groups is 2. The molecule has 0 aromatic heterocycles. The van der Waals surface area contributed by atoms with E-state index in [0.717, 1.165) is 12.8 Å². The summed E-state index contributed by atoms with van der Waals surface area (Å²) in [7, 11) is 0. The normalized spacial score (nSPS) is 11.6. The van der Waals surface area contributed by atoms with E-state index in [1.807, 2.05) is 6.92 Å². The summed E-state index contributed by atoms with van der Waals surface area (Å²) in [4.78, 5) is 22.4. The lowest BCUT2D eigenvalue weighted by Gasteiger charge is -2.14. The highest BCUT2D eigenvalue weighted by molar-refractivity contribution is 5.74. The summed E-state index contributed by atoms with van der Waals surface area (Å²) in [6.45, 7) is 5.40. The lowest BCUT2D eigenvalue weighted by atomic mass is 10.3. The van der Waals surface area contributed by atoms with E-state index < -0.39 is 6.10 Å². The fraction of sp³-hybridized carbons (Fsp3) is 0.467. The Morgan fingerprint density at radius 1 is 1.15 bits per heavy atom. The molecule has 0 bridgehead atoms. The molecule has 0 aliphatic carbocycles. The van der Waals surface area contributed by atoms with Gasteiger partial charge in [-0.3, -0.25) is 4.79 Å². The van der Waals surface area contributed by atoms with Crippen LogP contribution in [0.4, 0.5) is 0 Å². The molecule has 0 fully saturated rings. The van der Waals surface area contributed by atoms with E-state index in [2.05, 4.69) is 0 Å². The monoisotopic (exact) mass is 280 g/mol. The van der Waals surface area contributed by atoms with Crippen molar-refractivity contribution in [2.24, 2.45) is 0 Å². The Morgan fingerprint density at radius 2 is 1.75 bits per heavy atom. The Bertz CT molecular complexity index is 438. The number of rotatable bonds is 7. The summed E-state index contributed by atoms with van der Waals surface area (Å²) >= 11 is 0. The second-order valence-electron chi connectivity index (χ2n) is 4.35. The van der Waals surface area contributed by atoms with Crippen LogP contribution in [0.2, 0.25) is 0 Å². The Labute approximate surface area is 118 Å². The van der Waals surface area contributed by atoms with Gasteiger partial charge in [0, 0.05) is 6.92 Å². The van der Waals surface area contributed by atoms with E-state index in [9.17, 15) is 9.59 Å². The summed E-state index contributed by atoms with van der Waals surface area (Å²) in [5.74, 6) is 0.179. The molecule has 0 radical (unpaired) electrons. The van der Waals surface area contributed by atoms with Crippen LogP contribution >= 0.6 is 0 Å². The van der Waals surface area contributed by atoms with Gasteiger partial charge in [-0.15, -0.1) is 0 Å². The lowest BCUT2D eigenvalue weighted by molar-refractivity contribution is -0.151. The first-order chi connectivity index (χ1) is 9.52. The topological polar surface area (TPSA) is 61.8 Å². The molecule has 0 N–H and O–H groups in total. The number of hydrogen-bond donors (Lipinski definition) is 0. The van der Waals surface area contributed by atoms with Gasteiger partial charge in [-0.25, -0.2) is 4.79 Å². The van der Waals surface area contributed by atoms with Gasteiger partial charge in [-0.05, 0) is 37.6 Å². The fourth-order valence-electron chi connectivity index (χ4n) is 1.44. The smallest absolute Gasteiger partial charge is 0.347 e. The summed E-state index contributed by atoms with van der Waals surface area (Å²) in [5.41, 5.74) is 0. The highest BCUT2D eigenvalue weighted by Gasteiger charge is 2.16. The summed E-state index contributed by atoms with van der Waals surface area (Å²) in [5, 5.41) is 0. The number of ether oxygens (including phenoxy) is 3. The van der Waals surface area contributed by atoms with Crippen LogP contribution in [0.3, 0.4) is 0 Å². The van der Waals surface area contributed by atoms with Gasteiger partial charge in [0.2, 0.25) is 0 Å². The van der Waals surface area contributed by atoms with Gasteiger partial charge in [0.15, 0.2) is 6.10 Å². The third-order valence-electron chi connectivity index (χ3n) is 2.47. The molecule has 0 amide bonds. The maximum Gasteiger partial charge on any atom is 0.347 e. The van der Waals surface area contributed by atoms with Gasteiger partial charge in [0.25, 0.3) is 0 Å². The molecule has 0 aliphatic rings. The summed E-state index contributed by atoms with van der Waals surface area (Å²) in [6, 6.07) is 6.47. The number of esters is 2. The third kappa shape index (κ3) is 5.73. The van der Waals surface area contributed by atoms with Crippen LogP contribution in [0.15, 0.2) is 24.3 Å². The third-order valence-corrected chi connectivity index (χ3v) is 2.47. The van der Waals surface area contributed by atoms with Crippen molar-refractivity contribution in [3.8, 4) is 11.5 Å². The molecular weight excluding hydrogens is 260 g/mol.